The van der Waals surface area contributed by atoms with Gasteiger partial charge in [0, 0.05) is 20.2 Å². The van der Waals surface area contributed by atoms with Crippen LogP contribution in [0, 0.1) is 0 Å². The Balaban J connectivity index is 4.19. The summed E-state index contributed by atoms with van der Waals surface area (Å²) in [6.45, 7) is 1.95. The zero-order valence-electron chi connectivity index (χ0n) is 8.47. The number of likely N-dealkylation sites (N-methyl/N-ethyl adjacent to an activating group) is 1. The Kier molecular flexibility index (Phi) is 5.56. The lowest BCUT2D eigenvalue weighted by Gasteiger charge is -2.22. The van der Waals surface area contributed by atoms with Gasteiger partial charge in [0.15, 0.2) is 0 Å². The molecule has 0 heterocycles. The summed E-state index contributed by atoms with van der Waals surface area (Å²) in [5.41, 5.74) is 0. The first-order chi connectivity index (χ1) is 6.84. The van der Waals surface area contributed by atoms with Crippen molar-refractivity contribution in [2.24, 2.45) is 0 Å². The van der Waals surface area contributed by atoms with Crippen LogP contribution < -0.4 is 0 Å². The van der Waals surface area contributed by atoms with Gasteiger partial charge in [-0.3, -0.25) is 4.79 Å². The molecular weight excluding hydrogens is 218 g/mol. The van der Waals surface area contributed by atoms with E-state index >= 15 is 0 Å². The molecule has 0 rings (SSSR count). The molecule has 0 N–H and O–H groups in total. The number of ether oxygens (including phenoxy) is 1. The molecule has 3 nitrogen and oxygen atoms in total. The van der Waals surface area contributed by atoms with Crippen LogP contribution in [0.3, 0.4) is 0 Å². The molecule has 0 aliphatic heterocycles. The Hall–Kier alpha value is -0.850. The third-order valence-corrected chi connectivity index (χ3v) is 1.68. The second-order valence-corrected chi connectivity index (χ2v) is 2.85. The first-order valence-electron chi connectivity index (χ1n) is 4.33. The van der Waals surface area contributed by atoms with E-state index in [1.54, 1.807) is 6.92 Å². The largest absolute Gasteiger partial charge is 0.383 e. The predicted molar refractivity (Wildman–Crippen MR) is 45.1 cm³/mol. The van der Waals surface area contributed by atoms with Gasteiger partial charge in [0.2, 0.25) is 0 Å². The molecule has 0 aromatic rings. The van der Waals surface area contributed by atoms with E-state index in [0.29, 0.717) is 11.5 Å². The molecule has 0 atom stereocenters. The van der Waals surface area contributed by atoms with Crippen LogP contribution in [0.1, 0.15) is 6.92 Å². The van der Waals surface area contributed by atoms with Gasteiger partial charge in [0.1, 0.15) is 0 Å². The normalized spacial score (nSPS) is 11.9. The van der Waals surface area contributed by atoms with Crippen molar-refractivity contribution in [1.29, 1.82) is 0 Å². The fourth-order valence-electron chi connectivity index (χ4n) is 0.795. The van der Waals surface area contributed by atoms with Crippen LogP contribution >= 0.6 is 0 Å². The standard InChI is InChI=1S/C8H13F4NO2/c1-3-15-5-4-13(2)7(14)8(11,12)6(9)10/h6H,3-5H2,1-2H3. The molecule has 0 saturated heterocycles. The lowest BCUT2D eigenvalue weighted by atomic mass is 10.3. The average molecular weight is 231 g/mol. The molecule has 0 spiro atoms. The highest BCUT2D eigenvalue weighted by Gasteiger charge is 2.50. The van der Waals surface area contributed by atoms with Crippen LogP contribution in [0.25, 0.3) is 0 Å². The maximum absolute atomic E-state index is 12.5. The van der Waals surface area contributed by atoms with E-state index in [-0.39, 0.29) is 13.2 Å². The smallest absolute Gasteiger partial charge is 0.380 e. The average Bonchev–Trinajstić information content (AvgIpc) is 2.16. The van der Waals surface area contributed by atoms with E-state index in [9.17, 15) is 22.4 Å². The Morgan fingerprint density at radius 2 is 2.00 bits per heavy atom. The number of alkyl halides is 4. The number of carbonyl (C=O) groups is 1. The van der Waals surface area contributed by atoms with E-state index in [1.807, 2.05) is 0 Å². The third kappa shape index (κ3) is 4.03. The van der Waals surface area contributed by atoms with Gasteiger partial charge in [0.25, 0.3) is 5.91 Å². The van der Waals surface area contributed by atoms with Gasteiger partial charge in [-0.15, -0.1) is 0 Å². The zero-order chi connectivity index (χ0) is 12.1. The number of hydrogen-bond acceptors (Lipinski definition) is 2. The fourth-order valence-corrected chi connectivity index (χ4v) is 0.795. The van der Waals surface area contributed by atoms with Crippen LogP contribution in [0.4, 0.5) is 17.6 Å². The van der Waals surface area contributed by atoms with Crippen molar-refractivity contribution < 1.29 is 27.1 Å². The topological polar surface area (TPSA) is 29.5 Å². The minimum absolute atomic E-state index is 0.0397. The van der Waals surface area contributed by atoms with Crippen molar-refractivity contribution in [2.45, 2.75) is 19.3 Å². The van der Waals surface area contributed by atoms with Gasteiger partial charge in [-0.05, 0) is 6.92 Å². The van der Waals surface area contributed by atoms with Crippen molar-refractivity contribution in [3.63, 3.8) is 0 Å². The molecule has 0 saturated carbocycles. The number of hydrogen-bond donors (Lipinski definition) is 0. The molecule has 1 amide bonds. The monoisotopic (exact) mass is 231 g/mol. The van der Waals surface area contributed by atoms with E-state index in [4.69, 9.17) is 4.74 Å². The highest BCUT2D eigenvalue weighted by molar-refractivity contribution is 5.83. The lowest BCUT2D eigenvalue weighted by molar-refractivity contribution is -0.179. The van der Waals surface area contributed by atoms with Crippen LogP contribution in [0.2, 0.25) is 0 Å². The fraction of sp³-hybridized carbons (Fsp3) is 0.875. The van der Waals surface area contributed by atoms with Gasteiger partial charge in [-0.2, -0.15) is 8.78 Å². The molecule has 90 valence electrons. The SMILES string of the molecule is CCOCCN(C)C(=O)C(F)(F)C(F)F. The van der Waals surface area contributed by atoms with Crippen molar-refractivity contribution in [3.05, 3.63) is 0 Å². The van der Waals surface area contributed by atoms with Gasteiger partial charge >= 0.3 is 12.3 Å². The van der Waals surface area contributed by atoms with Gasteiger partial charge in [-0.25, -0.2) is 8.78 Å². The molecule has 0 unspecified atom stereocenters. The minimum atomic E-state index is -4.62. The maximum atomic E-state index is 12.5. The van der Waals surface area contributed by atoms with Gasteiger partial charge in [-0.1, -0.05) is 0 Å². The number of halogens is 4. The van der Waals surface area contributed by atoms with Crippen LogP contribution in [0.15, 0.2) is 0 Å². The summed E-state index contributed by atoms with van der Waals surface area (Å²) in [6.07, 6.45) is -3.99. The third-order valence-electron chi connectivity index (χ3n) is 1.68. The van der Waals surface area contributed by atoms with Crippen molar-refractivity contribution in [1.82, 2.24) is 4.90 Å². The quantitative estimate of drug-likeness (QED) is 0.510. The van der Waals surface area contributed by atoms with Crippen molar-refractivity contribution in [3.8, 4) is 0 Å². The molecule has 0 aliphatic rings. The Labute approximate surface area is 85.0 Å². The number of nitrogens with zero attached hydrogens (tertiary/aromatic N) is 1. The molecule has 0 aromatic heterocycles. The maximum Gasteiger partial charge on any atom is 0.383 e. The number of amides is 1. The highest BCUT2D eigenvalue weighted by atomic mass is 19.3. The molecule has 0 aliphatic carbocycles. The number of rotatable bonds is 6. The molecule has 0 bridgehead atoms. The predicted octanol–water partition coefficient (Wildman–Crippen LogP) is 1.38. The highest BCUT2D eigenvalue weighted by Crippen LogP contribution is 2.24. The molecule has 15 heavy (non-hydrogen) atoms. The molecular formula is C8H13F4NO2. The van der Waals surface area contributed by atoms with E-state index in [0.717, 1.165) is 7.05 Å². The van der Waals surface area contributed by atoms with E-state index < -0.39 is 18.3 Å². The van der Waals surface area contributed by atoms with Crippen LogP contribution in [0.5, 0.6) is 0 Å². The van der Waals surface area contributed by atoms with Crippen LogP contribution in [-0.2, 0) is 9.53 Å². The first kappa shape index (κ1) is 14.2. The Bertz CT molecular complexity index is 211. The molecule has 7 heteroatoms. The van der Waals surface area contributed by atoms with Gasteiger partial charge in [0.05, 0.1) is 6.61 Å². The summed E-state index contributed by atoms with van der Waals surface area (Å²) < 4.78 is 53.4. The zero-order valence-corrected chi connectivity index (χ0v) is 8.47. The van der Waals surface area contributed by atoms with Crippen LogP contribution in [-0.4, -0.2) is 50.0 Å². The summed E-state index contributed by atoms with van der Waals surface area (Å²) in [5.74, 6) is -6.52. The minimum Gasteiger partial charge on any atom is -0.380 e. The molecule has 0 aromatic carbocycles. The summed E-state index contributed by atoms with van der Waals surface area (Å²) in [7, 11) is 1.03. The van der Waals surface area contributed by atoms with Crippen molar-refractivity contribution in [2.75, 3.05) is 26.8 Å². The van der Waals surface area contributed by atoms with Gasteiger partial charge < -0.3 is 9.64 Å². The lowest BCUT2D eigenvalue weighted by Crippen LogP contribution is -2.47. The van der Waals surface area contributed by atoms with E-state index in [2.05, 4.69) is 0 Å². The Morgan fingerprint density at radius 1 is 1.47 bits per heavy atom. The summed E-state index contributed by atoms with van der Waals surface area (Å²) in [6, 6.07) is 0. The molecule has 0 radical (unpaired) electrons. The van der Waals surface area contributed by atoms with Crippen molar-refractivity contribution >= 4 is 5.91 Å². The molecule has 0 fully saturated rings. The number of carbonyl (C=O) groups excluding carboxylic acids is 1. The first-order valence-corrected chi connectivity index (χ1v) is 4.33. The summed E-state index contributed by atoms with van der Waals surface area (Å²) in [5, 5.41) is 0. The Morgan fingerprint density at radius 3 is 2.40 bits per heavy atom. The van der Waals surface area contributed by atoms with E-state index in [1.165, 1.54) is 0 Å². The second kappa shape index (κ2) is 5.89. The summed E-state index contributed by atoms with van der Waals surface area (Å²) >= 11 is 0. The summed E-state index contributed by atoms with van der Waals surface area (Å²) in [4.78, 5) is 11.4. The second-order valence-electron chi connectivity index (χ2n) is 2.85.